The van der Waals surface area contributed by atoms with E-state index in [1.807, 2.05) is 31.2 Å². The quantitative estimate of drug-likeness (QED) is 0.768. The number of fused-ring (bicyclic) bond motifs is 1. The van der Waals surface area contributed by atoms with Crippen molar-refractivity contribution in [3.63, 3.8) is 0 Å². The normalized spacial score (nSPS) is 19.9. The van der Waals surface area contributed by atoms with Crippen molar-refractivity contribution in [3.05, 3.63) is 41.7 Å². The van der Waals surface area contributed by atoms with Gasteiger partial charge in [0.05, 0.1) is 23.3 Å². The Morgan fingerprint density at radius 3 is 2.58 bits per heavy atom. The molecule has 8 heteroatoms. The lowest BCUT2D eigenvalue weighted by molar-refractivity contribution is -0.120. The second-order valence-electron chi connectivity index (χ2n) is 6.69. The second kappa shape index (κ2) is 6.05. The number of carbonyl (C=O) groups excluding carboxylic acids is 1. The van der Waals surface area contributed by atoms with E-state index in [9.17, 15) is 4.79 Å². The first kappa shape index (κ1) is 16.4. The molecule has 0 spiro atoms. The van der Waals surface area contributed by atoms with Gasteiger partial charge in [0, 0.05) is 20.4 Å². The van der Waals surface area contributed by atoms with Gasteiger partial charge < -0.3 is 14.7 Å². The van der Waals surface area contributed by atoms with E-state index in [0.29, 0.717) is 31.2 Å². The Balaban J connectivity index is 1.72. The number of aryl methyl sites for hydroxylation is 2. The molecule has 0 saturated carbocycles. The Bertz CT molecular complexity index is 985. The first-order chi connectivity index (χ1) is 12.5. The van der Waals surface area contributed by atoms with Gasteiger partial charge in [0.2, 0.25) is 11.8 Å². The first-order valence-corrected chi connectivity index (χ1v) is 8.55. The summed E-state index contributed by atoms with van der Waals surface area (Å²) in [6, 6.07) is 7.80. The van der Waals surface area contributed by atoms with Crippen LogP contribution in [0.25, 0.3) is 11.0 Å². The van der Waals surface area contributed by atoms with Crippen molar-refractivity contribution in [3.8, 4) is 0 Å². The van der Waals surface area contributed by atoms with Crippen LogP contribution in [0.1, 0.15) is 30.8 Å². The van der Waals surface area contributed by atoms with Crippen LogP contribution in [0.3, 0.4) is 0 Å². The Labute approximate surface area is 150 Å². The monoisotopic (exact) mass is 352 g/mol. The van der Waals surface area contributed by atoms with Crippen molar-refractivity contribution >= 4 is 22.8 Å². The summed E-state index contributed by atoms with van der Waals surface area (Å²) in [5, 5.41) is 7.09. The van der Waals surface area contributed by atoms with Crippen LogP contribution in [0.2, 0.25) is 0 Å². The second-order valence-corrected chi connectivity index (χ2v) is 6.69. The van der Waals surface area contributed by atoms with Gasteiger partial charge >= 0.3 is 0 Å². The SMILES string of the molecule is CC(=O)NC1(c2noc(C)n2)CCN(c2nc3ccccc3nc2C)C1. The number of hydrogen-bond donors (Lipinski definition) is 1. The third kappa shape index (κ3) is 2.77. The number of nitrogens with zero attached hydrogens (tertiary/aromatic N) is 5. The zero-order chi connectivity index (χ0) is 18.3. The predicted molar refractivity (Wildman–Crippen MR) is 95.6 cm³/mol. The van der Waals surface area contributed by atoms with E-state index >= 15 is 0 Å². The van der Waals surface area contributed by atoms with E-state index in [0.717, 1.165) is 22.5 Å². The molecule has 1 N–H and O–H groups in total. The summed E-state index contributed by atoms with van der Waals surface area (Å²) in [4.78, 5) is 27.8. The Morgan fingerprint density at radius 1 is 1.19 bits per heavy atom. The molecule has 26 heavy (non-hydrogen) atoms. The van der Waals surface area contributed by atoms with Gasteiger partial charge in [-0.3, -0.25) is 4.79 Å². The number of hydrogen-bond acceptors (Lipinski definition) is 7. The molecule has 0 bridgehead atoms. The summed E-state index contributed by atoms with van der Waals surface area (Å²) in [6.07, 6.45) is 0.666. The van der Waals surface area contributed by atoms with Crippen molar-refractivity contribution < 1.29 is 9.32 Å². The highest BCUT2D eigenvalue weighted by atomic mass is 16.5. The summed E-state index contributed by atoms with van der Waals surface area (Å²) in [5.41, 5.74) is 1.88. The molecule has 1 unspecified atom stereocenters. The maximum atomic E-state index is 11.8. The Kier molecular flexibility index (Phi) is 3.82. The number of para-hydroxylation sites is 2. The number of aromatic nitrogens is 4. The van der Waals surface area contributed by atoms with Gasteiger partial charge in [0.25, 0.3) is 0 Å². The van der Waals surface area contributed by atoms with Gasteiger partial charge in [-0.2, -0.15) is 4.98 Å². The minimum Gasteiger partial charge on any atom is -0.352 e. The molecule has 8 nitrogen and oxygen atoms in total. The number of rotatable bonds is 3. The van der Waals surface area contributed by atoms with Gasteiger partial charge in [-0.15, -0.1) is 0 Å². The van der Waals surface area contributed by atoms with Crippen LogP contribution in [-0.4, -0.2) is 39.1 Å². The maximum absolute atomic E-state index is 11.8. The molecule has 134 valence electrons. The summed E-state index contributed by atoms with van der Waals surface area (Å²) in [6.45, 7) is 6.41. The van der Waals surface area contributed by atoms with Crippen molar-refractivity contribution in [2.45, 2.75) is 32.7 Å². The van der Waals surface area contributed by atoms with Crippen LogP contribution >= 0.6 is 0 Å². The number of anilines is 1. The van der Waals surface area contributed by atoms with E-state index in [-0.39, 0.29) is 5.91 Å². The third-order valence-electron chi connectivity index (χ3n) is 4.66. The highest BCUT2D eigenvalue weighted by Crippen LogP contribution is 2.34. The molecule has 2 aromatic heterocycles. The van der Waals surface area contributed by atoms with E-state index in [4.69, 9.17) is 9.51 Å². The molecule has 1 fully saturated rings. The lowest BCUT2D eigenvalue weighted by Gasteiger charge is -2.27. The van der Waals surface area contributed by atoms with Crippen LogP contribution in [0.15, 0.2) is 28.8 Å². The summed E-state index contributed by atoms with van der Waals surface area (Å²) in [7, 11) is 0. The Hall–Kier alpha value is -3.03. The molecule has 1 aliphatic rings. The summed E-state index contributed by atoms with van der Waals surface area (Å²) in [5.74, 6) is 1.66. The zero-order valence-electron chi connectivity index (χ0n) is 15.0. The lowest BCUT2D eigenvalue weighted by Crippen LogP contribution is -2.48. The van der Waals surface area contributed by atoms with Crippen LogP contribution in [0.4, 0.5) is 5.82 Å². The Morgan fingerprint density at radius 2 is 1.92 bits per heavy atom. The first-order valence-electron chi connectivity index (χ1n) is 8.55. The highest BCUT2D eigenvalue weighted by molar-refractivity contribution is 5.77. The standard InChI is InChI=1S/C18H20N6O2/c1-11-16(21-15-7-5-4-6-14(15)19-11)24-9-8-18(10-24,22-12(2)25)17-20-13(3)26-23-17/h4-7H,8-10H2,1-3H3,(H,22,25). The molecule has 4 rings (SSSR count). The largest absolute Gasteiger partial charge is 0.352 e. The summed E-state index contributed by atoms with van der Waals surface area (Å²) < 4.78 is 5.15. The predicted octanol–water partition coefficient (Wildman–Crippen LogP) is 1.87. The van der Waals surface area contributed by atoms with Crippen molar-refractivity contribution in [1.82, 2.24) is 25.4 Å². The number of nitrogens with one attached hydrogen (secondary N) is 1. The number of carbonyl (C=O) groups is 1. The molecule has 3 heterocycles. The third-order valence-corrected chi connectivity index (χ3v) is 4.66. The van der Waals surface area contributed by atoms with Crippen molar-refractivity contribution in [2.24, 2.45) is 0 Å². The molecule has 0 radical (unpaired) electrons. The maximum Gasteiger partial charge on any atom is 0.223 e. The highest BCUT2D eigenvalue weighted by Gasteiger charge is 2.45. The fraction of sp³-hybridized carbons (Fsp3) is 0.389. The van der Waals surface area contributed by atoms with Crippen LogP contribution < -0.4 is 10.2 Å². The summed E-state index contributed by atoms with van der Waals surface area (Å²) >= 11 is 0. The average Bonchev–Trinajstić information content (AvgIpc) is 3.21. The molecule has 0 aliphatic carbocycles. The topological polar surface area (TPSA) is 97.0 Å². The van der Waals surface area contributed by atoms with Crippen LogP contribution in [0.5, 0.6) is 0 Å². The van der Waals surface area contributed by atoms with E-state index < -0.39 is 5.54 Å². The van der Waals surface area contributed by atoms with Gasteiger partial charge in [-0.25, -0.2) is 9.97 Å². The van der Waals surface area contributed by atoms with E-state index in [1.54, 1.807) is 6.92 Å². The van der Waals surface area contributed by atoms with Crippen molar-refractivity contribution in [2.75, 3.05) is 18.0 Å². The minimum absolute atomic E-state index is 0.129. The van der Waals surface area contributed by atoms with Gasteiger partial charge in [-0.1, -0.05) is 17.3 Å². The van der Waals surface area contributed by atoms with Gasteiger partial charge in [0.1, 0.15) is 5.54 Å². The zero-order valence-corrected chi connectivity index (χ0v) is 15.0. The van der Waals surface area contributed by atoms with E-state index in [1.165, 1.54) is 6.92 Å². The van der Waals surface area contributed by atoms with E-state index in [2.05, 4.69) is 25.3 Å². The minimum atomic E-state index is -0.691. The molecule has 3 aromatic rings. The number of benzene rings is 1. The smallest absolute Gasteiger partial charge is 0.223 e. The van der Waals surface area contributed by atoms with Gasteiger partial charge in [0.15, 0.2) is 11.6 Å². The molecule has 1 aliphatic heterocycles. The van der Waals surface area contributed by atoms with Crippen molar-refractivity contribution in [1.29, 1.82) is 0 Å². The van der Waals surface area contributed by atoms with Crippen LogP contribution in [-0.2, 0) is 10.3 Å². The lowest BCUT2D eigenvalue weighted by atomic mass is 9.97. The molecular weight excluding hydrogens is 332 g/mol. The van der Waals surface area contributed by atoms with Crippen LogP contribution in [0, 0.1) is 13.8 Å². The molecule has 1 atom stereocenters. The molecule has 1 amide bonds. The number of amides is 1. The molecular formula is C18H20N6O2. The molecule has 1 aromatic carbocycles. The van der Waals surface area contributed by atoms with Gasteiger partial charge in [-0.05, 0) is 25.5 Å². The average molecular weight is 352 g/mol. The fourth-order valence-electron chi connectivity index (χ4n) is 3.54. The molecule has 1 saturated heterocycles. The fourth-order valence-corrected chi connectivity index (χ4v) is 3.54.